The fraction of sp³-hybridized carbons (Fsp3) is 0.353. The van der Waals surface area contributed by atoms with Crippen molar-refractivity contribution < 1.29 is 9.90 Å². The molecule has 0 spiro atoms. The summed E-state index contributed by atoms with van der Waals surface area (Å²) in [6.07, 6.45) is 5.70. The van der Waals surface area contributed by atoms with Crippen LogP contribution in [-0.4, -0.2) is 46.1 Å². The Balaban J connectivity index is 1.73. The van der Waals surface area contributed by atoms with Gasteiger partial charge in [-0.25, -0.2) is 4.79 Å². The highest BCUT2D eigenvalue weighted by molar-refractivity contribution is 5.89. The number of aromatic carboxylic acids is 1. The van der Waals surface area contributed by atoms with Gasteiger partial charge in [0.1, 0.15) is 0 Å². The molecule has 1 aromatic heterocycles. The van der Waals surface area contributed by atoms with Gasteiger partial charge in [0.25, 0.3) is 0 Å². The van der Waals surface area contributed by atoms with Crippen LogP contribution in [0.25, 0.3) is 11.3 Å². The Labute approximate surface area is 129 Å². The molecule has 5 heteroatoms. The van der Waals surface area contributed by atoms with E-state index >= 15 is 0 Å². The first-order valence-electron chi connectivity index (χ1n) is 7.45. The molecule has 1 N–H and O–H groups in total. The number of carbonyl (C=O) groups is 1. The molecular formula is C17H19N3O2. The van der Waals surface area contributed by atoms with E-state index < -0.39 is 5.97 Å². The monoisotopic (exact) mass is 297 g/mol. The lowest BCUT2D eigenvalue weighted by Crippen LogP contribution is -2.15. The molecule has 0 amide bonds. The Morgan fingerprint density at radius 1 is 1.36 bits per heavy atom. The maximum absolute atomic E-state index is 11.0. The summed E-state index contributed by atoms with van der Waals surface area (Å²) >= 11 is 0. The molecule has 0 saturated carbocycles. The standard InChI is InChI=1S/C17H19N3O2/c1-20-6-5-12(11-20)7-15-9-19-16(10-18-15)13-3-2-4-14(8-13)17(21)22/h2-4,8-10,12H,5-7,11H2,1H3,(H,21,22). The van der Waals surface area contributed by atoms with E-state index in [0.717, 1.165) is 30.8 Å². The van der Waals surface area contributed by atoms with E-state index in [0.29, 0.717) is 11.6 Å². The third-order valence-corrected chi connectivity index (χ3v) is 4.10. The maximum Gasteiger partial charge on any atom is 0.335 e. The largest absolute Gasteiger partial charge is 0.478 e. The second-order valence-corrected chi connectivity index (χ2v) is 5.90. The zero-order valence-corrected chi connectivity index (χ0v) is 12.6. The Morgan fingerprint density at radius 2 is 2.23 bits per heavy atom. The Morgan fingerprint density at radius 3 is 2.86 bits per heavy atom. The predicted molar refractivity (Wildman–Crippen MR) is 83.7 cm³/mol. The van der Waals surface area contributed by atoms with Gasteiger partial charge < -0.3 is 10.0 Å². The molecule has 3 rings (SSSR count). The second kappa shape index (κ2) is 6.23. The molecule has 2 aromatic rings. The van der Waals surface area contributed by atoms with Gasteiger partial charge in [0.05, 0.1) is 23.1 Å². The van der Waals surface area contributed by atoms with Crippen LogP contribution in [0.15, 0.2) is 36.7 Å². The summed E-state index contributed by atoms with van der Waals surface area (Å²) in [6, 6.07) is 6.77. The maximum atomic E-state index is 11.0. The van der Waals surface area contributed by atoms with Gasteiger partial charge in [0.15, 0.2) is 0 Å². The van der Waals surface area contributed by atoms with E-state index in [2.05, 4.69) is 21.9 Å². The van der Waals surface area contributed by atoms with Crippen LogP contribution in [-0.2, 0) is 6.42 Å². The van der Waals surface area contributed by atoms with Gasteiger partial charge >= 0.3 is 5.97 Å². The summed E-state index contributed by atoms with van der Waals surface area (Å²) in [5.41, 5.74) is 2.74. The molecule has 0 aliphatic carbocycles. The number of aromatic nitrogens is 2. The third kappa shape index (κ3) is 3.31. The zero-order valence-electron chi connectivity index (χ0n) is 12.6. The van der Waals surface area contributed by atoms with E-state index in [4.69, 9.17) is 5.11 Å². The lowest BCUT2D eigenvalue weighted by Gasteiger charge is -2.10. The number of carboxylic acid groups (broad SMARTS) is 1. The number of hydrogen-bond donors (Lipinski definition) is 1. The van der Waals surface area contributed by atoms with Gasteiger partial charge in [0.2, 0.25) is 0 Å². The van der Waals surface area contributed by atoms with Crippen molar-refractivity contribution in [3.8, 4) is 11.3 Å². The van der Waals surface area contributed by atoms with Crippen molar-refractivity contribution >= 4 is 5.97 Å². The Bertz CT molecular complexity index is 670. The molecule has 114 valence electrons. The minimum atomic E-state index is -0.934. The van der Waals surface area contributed by atoms with Gasteiger partial charge in [-0.3, -0.25) is 9.97 Å². The Kier molecular flexibility index (Phi) is 4.15. The fourth-order valence-electron chi connectivity index (χ4n) is 2.91. The highest BCUT2D eigenvalue weighted by atomic mass is 16.4. The molecule has 0 bridgehead atoms. The molecule has 1 aliphatic rings. The summed E-state index contributed by atoms with van der Waals surface area (Å²) in [5.74, 6) is -0.280. The summed E-state index contributed by atoms with van der Waals surface area (Å²) in [4.78, 5) is 22.3. The van der Waals surface area contributed by atoms with E-state index in [9.17, 15) is 4.79 Å². The average molecular weight is 297 g/mol. The normalized spacial score (nSPS) is 18.5. The van der Waals surface area contributed by atoms with Gasteiger partial charge in [-0.15, -0.1) is 0 Å². The van der Waals surface area contributed by atoms with Crippen molar-refractivity contribution in [3.63, 3.8) is 0 Å². The van der Waals surface area contributed by atoms with Crippen LogP contribution >= 0.6 is 0 Å². The lowest BCUT2D eigenvalue weighted by molar-refractivity contribution is 0.0697. The molecule has 5 nitrogen and oxygen atoms in total. The van der Waals surface area contributed by atoms with Crippen LogP contribution in [0.3, 0.4) is 0 Å². The van der Waals surface area contributed by atoms with E-state index in [1.54, 1.807) is 30.6 Å². The van der Waals surface area contributed by atoms with Crippen LogP contribution in [0, 0.1) is 5.92 Å². The Hall–Kier alpha value is -2.27. The first kappa shape index (κ1) is 14.7. The minimum absolute atomic E-state index is 0.261. The number of hydrogen-bond acceptors (Lipinski definition) is 4. The number of likely N-dealkylation sites (tertiary alicyclic amines) is 1. The molecule has 22 heavy (non-hydrogen) atoms. The molecule has 0 radical (unpaired) electrons. The van der Waals surface area contributed by atoms with Crippen LogP contribution in [0.1, 0.15) is 22.5 Å². The van der Waals surface area contributed by atoms with E-state index in [1.807, 2.05) is 6.07 Å². The average Bonchev–Trinajstić information content (AvgIpc) is 2.93. The van der Waals surface area contributed by atoms with E-state index in [-0.39, 0.29) is 5.56 Å². The number of carboxylic acids is 1. The van der Waals surface area contributed by atoms with Crippen molar-refractivity contribution in [3.05, 3.63) is 47.9 Å². The van der Waals surface area contributed by atoms with Crippen LogP contribution < -0.4 is 0 Å². The molecule has 1 saturated heterocycles. The van der Waals surface area contributed by atoms with Crippen LogP contribution in [0.5, 0.6) is 0 Å². The minimum Gasteiger partial charge on any atom is -0.478 e. The zero-order chi connectivity index (χ0) is 15.5. The van der Waals surface area contributed by atoms with Crippen molar-refractivity contribution in [2.75, 3.05) is 20.1 Å². The molecule has 1 unspecified atom stereocenters. The molecule has 1 aliphatic heterocycles. The SMILES string of the molecule is CN1CCC(Cc2cnc(-c3cccc(C(=O)O)c3)cn2)C1. The number of rotatable bonds is 4. The van der Waals surface area contributed by atoms with Crippen molar-refractivity contribution in [1.82, 2.24) is 14.9 Å². The quantitative estimate of drug-likeness (QED) is 0.938. The summed E-state index contributed by atoms with van der Waals surface area (Å²) in [5, 5.41) is 9.04. The predicted octanol–water partition coefficient (Wildman–Crippen LogP) is 2.34. The third-order valence-electron chi connectivity index (χ3n) is 4.10. The van der Waals surface area contributed by atoms with E-state index in [1.165, 1.54) is 6.42 Å². The second-order valence-electron chi connectivity index (χ2n) is 5.90. The lowest BCUT2D eigenvalue weighted by atomic mass is 10.0. The van der Waals surface area contributed by atoms with Crippen molar-refractivity contribution in [2.45, 2.75) is 12.8 Å². The van der Waals surface area contributed by atoms with Gasteiger partial charge in [-0.1, -0.05) is 12.1 Å². The molecule has 1 fully saturated rings. The number of nitrogens with zero attached hydrogens (tertiary/aromatic N) is 3. The smallest absolute Gasteiger partial charge is 0.335 e. The van der Waals surface area contributed by atoms with Gasteiger partial charge in [-0.05, 0) is 44.5 Å². The summed E-state index contributed by atoms with van der Waals surface area (Å²) in [6.45, 7) is 2.27. The molecule has 2 heterocycles. The fourth-order valence-corrected chi connectivity index (χ4v) is 2.91. The summed E-state index contributed by atoms with van der Waals surface area (Å²) < 4.78 is 0. The molecule has 1 atom stereocenters. The summed E-state index contributed by atoms with van der Waals surface area (Å²) in [7, 11) is 2.14. The van der Waals surface area contributed by atoms with Crippen LogP contribution in [0.2, 0.25) is 0 Å². The highest BCUT2D eigenvalue weighted by Crippen LogP contribution is 2.20. The van der Waals surface area contributed by atoms with Gasteiger partial charge in [-0.2, -0.15) is 0 Å². The number of benzene rings is 1. The molecular weight excluding hydrogens is 278 g/mol. The van der Waals surface area contributed by atoms with Crippen LogP contribution in [0.4, 0.5) is 0 Å². The first-order chi connectivity index (χ1) is 10.6. The molecule has 1 aromatic carbocycles. The topological polar surface area (TPSA) is 66.3 Å². The first-order valence-corrected chi connectivity index (χ1v) is 7.45. The van der Waals surface area contributed by atoms with Crippen molar-refractivity contribution in [1.29, 1.82) is 0 Å². The van der Waals surface area contributed by atoms with Crippen molar-refractivity contribution in [2.24, 2.45) is 5.92 Å². The van der Waals surface area contributed by atoms with Gasteiger partial charge in [0, 0.05) is 18.3 Å². The highest BCUT2D eigenvalue weighted by Gasteiger charge is 2.20.